The topological polar surface area (TPSA) is 41.8 Å². The first kappa shape index (κ1) is 16.1. The summed E-state index contributed by atoms with van der Waals surface area (Å²) in [5.41, 5.74) is 3.92. The van der Waals surface area contributed by atoms with Crippen LogP contribution in [-0.4, -0.2) is 5.78 Å². The van der Waals surface area contributed by atoms with E-state index in [1.807, 2.05) is 81.4 Å². The van der Waals surface area contributed by atoms with Crippen LogP contribution in [0.2, 0.25) is 0 Å². The lowest BCUT2D eigenvalue weighted by molar-refractivity contribution is 0.101. The van der Waals surface area contributed by atoms with Gasteiger partial charge in [-0.1, -0.05) is 63.2 Å². The van der Waals surface area contributed by atoms with Gasteiger partial charge in [0.15, 0.2) is 5.78 Å². The van der Waals surface area contributed by atoms with E-state index in [4.69, 9.17) is 0 Å². The molecule has 24 heavy (non-hydrogen) atoms. The fourth-order valence-electron chi connectivity index (χ4n) is 2.69. The predicted octanol–water partition coefficient (Wildman–Crippen LogP) is 5.98. The maximum Gasteiger partial charge on any atom is 0.190 e. The molecule has 1 aliphatic rings. The van der Waals surface area contributed by atoms with Gasteiger partial charge in [0.2, 0.25) is 0 Å². The number of Topliss-reactive ketones (excluding diaryl/α,β-unsaturated/α-hetero) is 1. The number of hydrogen-bond acceptors (Lipinski definition) is 3. The SMILES string of the molecule is CC(C)(C)C1=C/C(=C/N=Nc2ccccc2)c2ccccc2C1=O. The molecule has 0 unspecified atom stereocenters. The van der Waals surface area contributed by atoms with Crippen LogP contribution < -0.4 is 0 Å². The number of allylic oxidation sites excluding steroid dienone is 3. The van der Waals surface area contributed by atoms with Crippen molar-refractivity contribution in [1.82, 2.24) is 0 Å². The number of hydrogen-bond donors (Lipinski definition) is 0. The Morgan fingerprint density at radius 2 is 1.50 bits per heavy atom. The van der Waals surface area contributed by atoms with Crippen molar-refractivity contribution >= 4 is 17.0 Å². The Kier molecular flexibility index (Phi) is 4.26. The van der Waals surface area contributed by atoms with Crippen LogP contribution in [0.5, 0.6) is 0 Å². The number of fused-ring (bicyclic) bond motifs is 1. The summed E-state index contributed by atoms with van der Waals surface area (Å²) in [6, 6.07) is 17.2. The van der Waals surface area contributed by atoms with E-state index in [1.54, 1.807) is 6.20 Å². The predicted molar refractivity (Wildman–Crippen MR) is 97.2 cm³/mol. The third kappa shape index (κ3) is 3.25. The van der Waals surface area contributed by atoms with Crippen molar-refractivity contribution in [2.75, 3.05) is 0 Å². The molecular formula is C21H20N2O. The van der Waals surface area contributed by atoms with Gasteiger partial charge in [-0.25, -0.2) is 0 Å². The molecule has 3 nitrogen and oxygen atoms in total. The molecule has 0 atom stereocenters. The van der Waals surface area contributed by atoms with Crippen LogP contribution in [0.15, 0.2) is 82.7 Å². The lowest BCUT2D eigenvalue weighted by Gasteiger charge is -2.27. The number of nitrogens with zero attached hydrogens (tertiary/aromatic N) is 2. The van der Waals surface area contributed by atoms with Gasteiger partial charge in [-0.15, -0.1) is 0 Å². The van der Waals surface area contributed by atoms with E-state index in [2.05, 4.69) is 10.2 Å². The van der Waals surface area contributed by atoms with E-state index in [0.717, 1.165) is 28.0 Å². The van der Waals surface area contributed by atoms with Crippen LogP contribution >= 0.6 is 0 Å². The van der Waals surface area contributed by atoms with Crippen molar-refractivity contribution < 1.29 is 4.79 Å². The first-order valence-electron chi connectivity index (χ1n) is 7.99. The van der Waals surface area contributed by atoms with E-state index in [1.165, 1.54) is 0 Å². The summed E-state index contributed by atoms with van der Waals surface area (Å²) < 4.78 is 0. The first-order valence-corrected chi connectivity index (χ1v) is 7.99. The standard InChI is InChI=1S/C21H20N2O/c1-21(2,3)19-13-15(14-22-23-16-9-5-4-6-10-16)17-11-7-8-12-18(17)20(19)24/h4-14H,1-3H3/b15-14-,23-22?. The molecule has 0 saturated heterocycles. The molecule has 120 valence electrons. The highest BCUT2D eigenvalue weighted by Gasteiger charge is 2.30. The van der Waals surface area contributed by atoms with Crippen LogP contribution in [0.25, 0.3) is 5.57 Å². The molecule has 0 aromatic heterocycles. The second kappa shape index (κ2) is 6.36. The van der Waals surface area contributed by atoms with Crippen molar-refractivity contribution in [3.05, 3.63) is 83.6 Å². The molecule has 0 radical (unpaired) electrons. The molecule has 0 N–H and O–H groups in total. The Balaban J connectivity index is 2.04. The highest BCUT2D eigenvalue weighted by molar-refractivity contribution is 6.16. The summed E-state index contributed by atoms with van der Waals surface area (Å²) in [5.74, 6) is 0.0928. The van der Waals surface area contributed by atoms with Crippen molar-refractivity contribution in [2.24, 2.45) is 15.6 Å². The quantitative estimate of drug-likeness (QED) is 0.628. The summed E-state index contributed by atoms with van der Waals surface area (Å²) in [7, 11) is 0. The Bertz CT molecular complexity index is 853. The maximum atomic E-state index is 12.8. The maximum absolute atomic E-state index is 12.8. The molecular weight excluding hydrogens is 296 g/mol. The van der Waals surface area contributed by atoms with E-state index < -0.39 is 0 Å². The second-order valence-electron chi connectivity index (χ2n) is 6.82. The Hall–Kier alpha value is -2.81. The second-order valence-corrected chi connectivity index (χ2v) is 6.82. The van der Waals surface area contributed by atoms with Gasteiger partial charge >= 0.3 is 0 Å². The fourth-order valence-corrected chi connectivity index (χ4v) is 2.69. The summed E-state index contributed by atoms with van der Waals surface area (Å²) >= 11 is 0. The Labute approximate surface area is 142 Å². The molecule has 0 fully saturated rings. The number of carbonyl (C=O) groups excluding carboxylic acids is 1. The van der Waals surface area contributed by atoms with Crippen molar-refractivity contribution in [2.45, 2.75) is 20.8 Å². The number of benzene rings is 2. The summed E-state index contributed by atoms with van der Waals surface area (Å²) in [6.07, 6.45) is 3.67. The third-order valence-electron chi connectivity index (χ3n) is 3.96. The zero-order valence-corrected chi connectivity index (χ0v) is 14.2. The zero-order valence-electron chi connectivity index (χ0n) is 14.2. The molecule has 0 amide bonds. The molecule has 1 aliphatic carbocycles. The monoisotopic (exact) mass is 316 g/mol. The number of rotatable bonds is 2. The first-order chi connectivity index (χ1) is 11.5. The molecule has 0 saturated carbocycles. The van der Waals surface area contributed by atoms with Crippen molar-refractivity contribution in [3.63, 3.8) is 0 Å². The van der Waals surface area contributed by atoms with Gasteiger partial charge < -0.3 is 0 Å². The Morgan fingerprint density at radius 1 is 0.875 bits per heavy atom. The van der Waals surface area contributed by atoms with Crippen LogP contribution in [0, 0.1) is 5.41 Å². The summed E-state index contributed by atoms with van der Waals surface area (Å²) in [6.45, 7) is 6.15. The van der Waals surface area contributed by atoms with E-state index >= 15 is 0 Å². The highest BCUT2D eigenvalue weighted by Crippen LogP contribution is 2.37. The van der Waals surface area contributed by atoms with Crippen LogP contribution in [0.3, 0.4) is 0 Å². The van der Waals surface area contributed by atoms with Gasteiger partial charge in [0.1, 0.15) is 0 Å². The highest BCUT2D eigenvalue weighted by atomic mass is 16.1. The third-order valence-corrected chi connectivity index (χ3v) is 3.96. The average Bonchev–Trinajstić information content (AvgIpc) is 2.57. The minimum absolute atomic E-state index is 0.0928. The van der Waals surface area contributed by atoms with Crippen molar-refractivity contribution in [3.8, 4) is 0 Å². The number of azo groups is 1. The van der Waals surface area contributed by atoms with E-state index in [9.17, 15) is 4.79 Å². The minimum Gasteiger partial charge on any atom is -0.289 e. The molecule has 3 heteroatoms. The van der Waals surface area contributed by atoms with Gasteiger partial charge in [0.05, 0.1) is 11.9 Å². The van der Waals surface area contributed by atoms with Crippen molar-refractivity contribution in [1.29, 1.82) is 0 Å². The molecule has 3 rings (SSSR count). The number of carbonyl (C=O) groups is 1. The van der Waals surface area contributed by atoms with Gasteiger partial charge in [-0.2, -0.15) is 10.2 Å². The van der Waals surface area contributed by atoms with Gasteiger partial charge in [-0.05, 0) is 29.2 Å². The zero-order chi connectivity index (χ0) is 17.2. The largest absolute Gasteiger partial charge is 0.289 e. The molecule has 2 aromatic rings. The normalized spacial score (nSPS) is 16.4. The van der Waals surface area contributed by atoms with E-state index in [-0.39, 0.29) is 11.2 Å². The van der Waals surface area contributed by atoms with Crippen LogP contribution in [-0.2, 0) is 0 Å². The molecule has 0 aliphatic heterocycles. The van der Waals surface area contributed by atoms with Gasteiger partial charge in [0, 0.05) is 16.7 Å². The fraction of sp³-hybridized carbons (Fsp3) is 0.190. The molecule has 0 spiro atoms. The lowest BCUT2D eigenvalue weighted by Crippen LogP contribution is -2.22. The lowest BCUT2D eigenvalue weighted by atomic mass is 9.76. The minimum atomic E-state index is -0.222. The molecule has 2 aromatic carbocycles. The summed E-state index contributed by atoms with van der Waals surface area (Å²) in [5, 5.41) is 8.43. The molecule has 0 bridgehead atoms. The smallest absolute Gasteiger partial charge is 0.190 e. The molecule has 0 heterocycles. The van der Waals surface area contributed by atoms with E-state index in [0.29, 0.717) is 0 Å². The average molecular weight is 316 g/mol. The van der Waals surface area contributed by atoms with Crippen LogP contribution in [0.4, 0.5) is 5.69 Å². The summed E-state index contributed by atoms with van der Waals surface area (Å²) in [4.78, 5) is 12.8. The number of ketones is 1. The Morgan fingerprint density at radius 3 is 2.17 bits per heavy atom. The van der Waals surface area contributed by atoms with Gasteiger partial charge in [-0.3, -0.25) is 4.79 Å². The van der Waals surface area contributed by atoms with Crippen LogP contribution in [0.1, 0.15) is 36.7 Å². The van der Waals surface area contributed by atoms with Gasteiger partial charge in [0.25, 0.3) is 0 Å².